The summed E-state index contributed by atoms with van der Waals surface area (Å²) in [5, 5.41) is 9.80. The average molecular weight is 292 g/mol. The largest absolute Gasteiger partial charge is 0.392 e. The van der Waals surface area contributed by atoms with Crippen LogP contribution < -0.4 is 4.90 Å². The van der Waals surface area contributed by atoms with Crippen molar-refractivity contribution < 1.29 is 14.3 Å². The highest BCUT2D eigenvalue weighted by atomic mass is 19.1. The smallest absolute Gasteiger partial charge is 0.244 e. The number of β-amino-alcohol motifs (C(OH)–C–C–N with tert-alkyl or cyclic N) is 1. The number of anilines is 1. The van der Waals surface area contributed by atoms with Crippen molar-refractivity contribution in [1.82, 2.24) is 4.90 Å². The van der Waals surface area contributed by atoms with Gasteiger partial charge in [-0.1, -0.05) is 6.07 Å². The van der Waals surface area contributed by atoms with Gasteiger partial charge in [0.15, 0.2) is 0 Å². The molecule has 1 aromatic carbocycles. The van der Waals surface area contributed by atoms with Gasteiger partial charge >= 0.3 is 0 Å². The summed E-state index contributed by atoms with van der Waals surface area (Å²) in [6.45, 7) is 2.05. The Bertz CT molecular complexity index is 523. The highest BCUT2D eigenvalue weighted by Gasteiger charge is 2.35. The minimum Gasteiger partial charge on any atom is -0.392 e. The number of nitrogens with zero attached hydrogens (tertiary/aromatic N) is 2. The maximum Gasteiger partial charge on any atom is 0.244 e. The van der Waals surface area contributed by atoms with Gasteiger partial charge in [-0.2, -0.15) is 0 Å². The third kappa shape index (κ3) is 3.09. The molecule has 2 fully saturated rings. The summed E-state index contributed by atoms with van der Waals surface area (Å²) in [6, 6.07) is 6.01. The molecule has 0 spiro atoms. The number of halogens is 1. The Morgan fingerprint density at radius 1 is 1.19 bits per heavy atom. The van der Waals surface area contributed by atoms with Crippen LogP contribution in [0.5, 0.6) is 0 Å². The maximum absolute atomic E-state index is 13.4. The van der Waals surface area contributed by atoms with Gasteiger partial charge in [-0.05, 0) is 50.4 Å². The lowest BCUT2D eigenvalue weighted by Gasteiger charge is -2.41. The molecule has 1 aromatic rings. The zero-order valence-electron chi connectivity index (χ0n) is 12.0. The molecule has 5 heteroatoms. The van der Waals surface area contributed by atoms with Gasteiger partial charge in [0, 0.05) is 18.8 Å². The first-order valence-corrected chi connectivity index (χ1v) is 7.64. The van der Waals surface area contributed by atoms with Gasteiger partial charge in [0.2, 0.25) is 5.91 Å². The molecular formula is C16H21FN2O2. The Morgan fingerprint density at radius 2 is 2.00 bits per heavy atom. The van der Waals surface area contributed by atoms with Gasteiger partial charge < -0.3 is 10.0 Å². The van der Waals surface area contributed by atoms with Crippen LogP contribution in [0.1, 0.15) is 25.7 Å². The number of aliphatic hydroxyl groups excluding tert-OH is 1. The molecule has 0 saturated carbocycles. The summed E-state index contributed by atoms with van der Waals surface area (Å²) < 4.78 is 13.4. The van der Waals surface area contributed by atoms with E-state index in [0.717, 1.165) is 32.2 Å². The Balaban J connectivity index is 1.77. The van der Waals surface area contributed by atoms with Crippen molar-refractivity contribution in [3.63, 3.8) is 0 Å². The van der Waals surface area contributed by atoms with Crippen molar-refractivity contribution in [2.45, 2.75) is 37.8 Å². The lowest BCUT2D eigenvalue weighted by molar-refractivity contribution is -0.126. The predicted molar refractivity (Wildman–Crippen MR) is 78.6 cm³/mol. The molecule has 1 N–H and O–H groups in total. The second kappa shape index (κ2) is 6.12. The van der Waals surface area contributed by atoms with E-state index >= 15 is 0 Å². The molecule has 2 aliphatic rings. The van der Waals surface area contributed by atoms with Crippen LogP contribution in [0.4, 0.5) is 10.1 Å². The number of aliphatic hydroxyl groups is 1. The quantitative estimate of drug-likeness (QED) is 0.903. The molecule has 2 atom stereocenters. The molecule has 0 aromatic heterocycles. The Labute approximate surface area is 124 Å². The number of hydrogen-bond acceptors (Lipinski definition) is 3. The normalized spacial score (nSPS) is 27.9. The number of benzene rings is 1. The minimum atomic E-state index is -0.337. The van der Waals surface area contributed by atoms with Gasteiger partial charge in [-0.25, -0.2) is 4.39 Å². The van der Waals surface area contributed by atoms with E-state index in [0.29, 0.717) is 18.8 Å². The molecule has 3 rings (SSSR count). The Morgan fingerprint density at radius 3 is 2.76 bits per heavy atom. The van der Waals surface area contributed by atoms with Gasteiger partial charge in [0.05, 0.1) is 12.1 Å². The fraction of sp³-hybridized carbons (Fsp3) is 0.562. The lowest BCUT2D eigenvalue weighted by atomic mass is 9.98. The van der Waals surface area contributed by atoms with Crippen molar-refractivity contribution >= 4 is 11.6 Å². The molecule has 114 valence electrons. The van der Waals surface area contributed by atoms with Crippen LogP contribution in [0.3, 0.4) is 0 Å². The monoisotopic (exact) mass is 292 g/mol. The van der Waals surface area contributed by atoms with Crippen LogP contribution >= 0.6 is 0 Å². The second-order valence-corrected chi connectivity index (χ2v) is 5.92. The van der Waals surface area contributed by atoms with Crippen molar-refractivity contribution in [2.75, 3.05) is 24.5 Å². The molecular weight excluding hydrogens is 271 g/mol. The molecule has 4 nitrogen and oxygen atoms in total. The molecule has 0 radical (unpaired) electrons. The van der Waals surface area contributed by atoms with Crippen LogP contribution in [0, 0.1) is 5.82 Å². The highest BCUT2D eigenvalue weighted by molar-refractivity contribution is 5.97. The molecule has 21 heavy (non-hydrogen) atoms. The number of rotatable bonds is 2. The van der Waals surface area contributed by atoms with Crippen LogP contribution in [0.2, 0.25) is 0 Å². The van der Waals surface area contributed by atoms with Crippen molar-refractivity contribution in [1.29, 1.82) is 0 Å². The highest BCUT2D eigenvalue weighted by Crippen LogP contribution is 2.26. The SMILES string of the molecule is O=C1[C@@H](N2CCC[C@H](O)C2)CCCN1c1cccc(F)c1. The average Bonchev–Trinajstić information content (AvgIpc) is 2.47. The summed E-state index contributed by atoms with van der Waals surface area (Å²) in [7, 11) is 0. The van der Waals surface area contributed by atoms with Gasteiger partial charge in [0.25, 0.3) is 0 Å². The van der Waals surface area contributed by atoms with Crippen molar-refractivity contribution in [2.24, 2.45) is 0 Å². The summed E-state index contributed by atoms with van der Waals surface area (Å²) in [5.41, 5.74) is 0.627. The number of piperidine rings is 2. The van der Waals surface area contributed by atoms with Crippen LogP contribution in [0.15, 0.2) is 24.3 Å². The number of hydrogen-bond donors (Lipinski definition) is 1. The molecule has 0 unspecified atom stereocenters. The number of carbonyl (C=O) groups is 1. The standard InChI is InChI=1S/C16H21FN2O2/c17-12-4-1-5-13(10-12)19-9-3-7-15(16(19)21)18-8-2-6-14(20)11-18/h1,4-5,10,14-15,20H,2-3,6-9,11H2/t14-,15-/m0/s1. The zero-order valence-corrected chi connectivity index (χ0v) is 12.0. The summed E-state index contributed by atoms with van der Waals surface area (Å²) >= 11 is 0. The summed E-state index contributed by atoms with van der Waals surface area (Å²) in [5.74, 6) is -0.295. The van der Waals surface area contributed by atoms with E-state index in [1.165, 1.54) is 12.1 Å². The van der Waals surface area contributed by atoms with E-state index in [9.17, 15) is 14.3 Å². The van der Waals surface area contributed by atoms with E-state index in [2.05, 4.69) is 4.90 Å². The molecule has 0 aliphatic carbocycles. The first-order chi connectivity index (χ1) is 10.1. The second-order valence-electron chi connectivity index (χ2n) is 5.92. The van der Waals surface area contributed by atoms with E-state index in [-0.39, 0.29) is 23.9 Å². The lowest BCUT2D eigenvalue weighted by Crippen LogP contribution is -2.55. The number of carbonyl (C=O) groups excluding carboxylic acids is 1. The maximum atomic E-state index is 13.4. The Kier molecular flexibility index (Phi) is 4.22. The van der Waals surface area contributed by atoms with Gasteiger partial charge in [0.1, 0.15) is 5.82 Å². The van der Waals surface area contributed by atoms with E-state index in [1.807, 2.05) is 0 Å². The Hall–Kier alpha value is -1.46. The summed E-state index contributed by atoms with van der Waals surface area (Å²) in [4.78, 5) is 16.5. The molecule has 2 saturated heterocycles. The van der Waals surface area contributed by atoms with E-state index < -0.39 is 0 Å². The molecule has 1 amide bonds. The molecule has 2 aliphatic heterocycles. The van der Waals surface area contributed by atoms with Crippen LogP contribution in [-0.4, -0.2) is 47.7 Å². The zero-order chi connectivity index (χ0) is 14.8. The number of likely N-dealkylation sites (tertiary alicyclic amines) is 1. The first kappa shape index (κ1) is 14.5. The summed E-state index contributed by atoms with van der Waals surface area (Å²) in [6.07, 6.45) is 3.11. The van der Waals surface area contributed by atoms with E-state index in [4.69, 9.17) is 0 Å². The van der Waals surface area contributed by atoms with Gasteiger partial charge in [-0.3, -0.25) is 9.69 Å². The van der Waals surface area contributed by atoms with E-state index in [1.54, 1.807) is 17.0 Å². The third-order valence-corrected chi connectivity index (χ3v) is 4.40. The predicted octanol–water partition coefficient (Wildman–Crippen LogP) is 1.78. The third-order valence-electron chi connectivity index (χ3n) is 4.40. The van der Waals surface area contributed by atoms with Crippen LogP contribution in [-0.2, 0) is 4.79 Å². The van der Waals surface area contributed by atoms with Crippen molar-refractivity contribution in [3.05, 3.63) is 30.1 Å². The molecule has 0 bridgehead atoms. The fourth-order valence-corrected chi connectivity index (χ4v) is 3.36. The topological polar surface area (TPSA) is 43.8 Å². The first-order valence-electron chi connectivity index (χ1n) is 7.64. The van der Waals surface area contributed by atoms with Gasteiger partial charge in [-0.15, -0.1) is 0 Å². The van der Waals surface area contributed by atoms with Crippen molar-refractivity contribution in [3.8, 4) is 0 Å². The molecule has 2 heterocycles. The van der Waals surface area contributed by atoms with Crippen LogP contribution in [0.25, 0.3) is 0 Å². The fourth-order valence-electron chi connectivity index (χ4n) is 3.36. The number of amides is 1. The minimum absolute atomic E-state index is 0.0287.